The number of benzene rings is 1. The van der Waals surface area contributed by atoms with E-state index in [9.17, 15) is 24.5 Å². The van der Waals surface area contributed by atoms with E-state index in [1.165, 1.54) is 48.6 Å². The van der Waals surface area contributed by atoms with Gasteiger partial charge in [-0.15, -0.1) is 11.3 Å². The third-order valence-electron chi connectivity index (χ3n) is 4.49. The summed E-state index contributed by atoms with van der Waals surface area (Å²) in [7, 11) is 0. The molecular weight excluding hydrogens is 396 g/mol. The molecule has 0 unspecified atom stereocenters. The lowest BCUT2D eigenvalue weighted by Gasteiger charge is -2.25. The lowest BCUT2D eigenvalue weighted by atomic mass is 10.0. The Labute approximate surface area is 170 Å². The molecule has 150 valence electrons. The fraction of sp³-hybridized carbons (Fsp3) is 0.211. The zero-order valence-electron chi connectivity index (χ0n) is 15.5. The van der Waals surface area contributed by atoms with Crippen LogP contribution in [0.2, 0.25) is 0 Å². The van der Waals surface area contributed by atoms with Crippen molar-refractivity contribution in [2.45, 2.75) is 19.9 Å². The summed E-state index contributed by atoms with van der Waals surface area (Å²) >= 11 is 1.22. The van der Waals surface area contributed by atoms with Gasteiger partial charge in [0.25, 0.3) is 11.6 Å². The maximum atomic E-state index is 12.3. The molecule has 0 fully saturated rings. The summed E-state index contributed by atoms with van der Waals surface area (Å²) < 4.78 is 0. The Morgan fingerprint density at radius 3 is 2.76 bits per heavy atom. The first-order chi connectivity index (χ1) is 13.8. The van der Waals surface area contributed by atoms with Gasteiger partial charge in [0.2, 0.25) is 11.8 Å². The second-order valence-corrected chi connectivity index (χ2v) is 7.54. The number of thiophene rings is 1. The van der Waals surface area contributed by atoms with E-state index in [1.54, 1.807) is 11.0 Å². The third-order valence-corrected chi connectivity index (χ3v) is 5.63. The first kappa shape index (κ1) is 20.2. The highest BCUT2D eigenvalue weighted by atomic mass is 32.1. The number of hydrogen-bond donors (Lipinski definition) is 2. The highest BCUT2D eigenvalue weighted by Gasteiger charge is 2.28. The number of carbonyl (C=O) groups is 3. The van der Waals surface area contributed by atoms with E-state index >= 15 is 0 Å². The van der Waals surface area contributed by atoms with Crippen LogP contribution < -0.4 is 11.1 Å². The van der Waals surface area contributed by atoms with Crippen LogP contribution in [-0.2, 0) is 22.6 Å². The van der Waals surface area contributed by atoms with Crippen LogP contribution in [0.25, 0.3) is 6.08 Å². The van der Waals surface area contributed by atoms with Crippen molar-refractivity contribution in [2.24, 2.45) is 5.73 Å². The molecule has 1 aromatic heterocycles. The number of anilines is 1. The fourth-order valence-electron chi connectivity index (χ4n) is 3.09. The molecule has 10 heteroatoms. The van der Waals surface area contributed by atoms with Gasteiger partial charge in [0, 0.05) is 36.6 Å². The van der Waals surface area contributed by atoms with E-state index in [-0.39, 0.29) is 17.2 Å². The molecular formula is C19H18N4O5S. The van der Waals surface area contributed by atoms with Crippen LogP contribution in [-0.4, -0.2) is 34.1 Å². The molecule has 1 aromatic carbocycles. The van der Waals surface area contributed by atoms with Gasteiger partial charge in [0.1, 0.15) is 5.00 Å². The van der Waals surface area contributed by atoms with Crippen molar-refractivity contribution in [3.05, 3.63) is 62.0 Å². The molecule has 2 aromatic rings. The maximum Gasteiger partial charge on any atom is 0.270 e. The minimum Gasteiger partial charge on any atom is -0.365 e. The third kappa shape index (κ3) is 4.49. The molecule has 1 aliphatic heterocycles. The van der Waals surface area contributed by atoms with E-state index in [4.69, 9.17) is 5.73 Å². The van der Waals surface area contributed by atoms with Crippen molar-refractivity contribution in [3.8, 4) is 0 Å². The first-order valence-electron chi connectivity index (χ1n) is 8.69. The number of rotatable bonds is 5. The first-order valence-corrected chi connectivity index (χ1v) is 9.51. The lowest BCUT2D eigenvalue weighted by Crippen LogP contribution is -2.34. The number of nitro benzene ring substituents is 1. The van der Waals surface area contributed by atoms with Crippen molar-refractivity contribution in [1.29, 1.82) is 0 Å². The molecule has 0 saturated heterocycles. The molecule has 0 bridgehead atoms. The number of nitrogens with two attached hydrogens (primary N) is 1. The molecule has 0 aliphatic carbocycles. The van der Waals surface area contributed by atoms with E-state index in [0.717, 1.165) is 10.4 Å². The van der Waals surface area contributed by atoms with Crippen LogP contribution in [0.3, 0.4) is 0 Å². The lowest BCUT2D eigenvalue weighted by molar-refractivity contribution is -0.384. The van der Waals surface area contributed by atoms with E-state index in [1.807, 2.05) is 0 Å². The molecule has 3 rings (SSSR count). The van der Waals surface area contributed by atoms with Gasteiger partial charge in [-0.2, -0.15) is 0 Å². The molecule has 0 spiro atoms. The monoisotopic (exact) mass is 414 g/mol. The van der Waals surface area contributed by atoms with E-state index < -0.39 is 16.7 Å². The summed E-state index contributed by atoms with van der Waals surface area (Å²) in [5.41, 5.74) is 6.96. The van der Waals surface area contributed by atoms with Crippen LogP contribution >= 0.6 is 11.3 Å². The zero-order valence-corrected chi connectivity index (χ0v) is 16.3. The van der Waals surface area contributed by atoms with Gasteiger partial charge < -0.3 is 16.0 Å². The topological polar surface area (TPSA) is 136 Å². The molecule has 3 amide bonds. The number of amides is 3. The van der Waals surface area contributed by atoms with Gasteiger partial charge in [-0.1, -0.05) is 12.1 Å². The van der Waals surface area contributed by atoms with Gasteiger partial charge in [0.15, 0.2) is 0 Å². The highest BCUT2D eigenvalue weighted by molar-refractivity contribution is 7.17. The predicted octanol–water partition coefficient (Wildman–Crippen LogP) is 2.31. The molecule has 3 N–H and O–H groups in total. The fourth-order valence-corrected chi connectivity index (χ4v) is 4.36. The Kier molecular flexibility index (Phi) is 5.74. The molecule has 0 atom stereocenters. The van der Waals surface area contributed by atoms with Crippen LogP contribution in [0.5, 0.6) is 0 Å². The van der Waals surface area contributed by atoms with Gasteiger partial charge in [0.05, 0.1) is 17.0 Å². The number of carbonyl (C=O) groups excluding carboxylic acids is 3. The van der Waals surface area contributed by atoms with Crippen LogP contribution in [0, 0.1) is 10.1 Å². The zero-order chi connectivity index (χ0) is 21.1. The normalized spacial score (nSPS) is 13.2. The number of non-ortho nitro benzene ring substituents is 1. The van der Waals surface area contributed by atoms with Crippen LogP contribution in [0.15, 0.2) is 30.3 Å². The molecule has 9 nitrogen and oxygen atoms in total. The van der Waals surface area contributed by atoms with Gasteiger partial charge in [-0.25, -0.2) is 0 Å². The number of fused-ring (bicyclic) bond motifs is 1. The van der Waals surface area contributed by atoms with Gasteiger partial charge in [-0.05, 0) is 23.6 Å². The Bertz CT molecular complexity index is 1040. The summed E-state index contributed by atoms with van der Waals surface area (Å²) in [6.45, 7) is 2.34. The smallest absolute Gasteiger partial charge is 0.270 e. The second kappa shape index (κ2) is 8.23. The Morgan fingerprint density at radius 1 is 1.34 bits per heavy atom. The Balaban J connectivity index is 1.80. The molecule has 0 radical (unpaired) electrons. The highest BCUT2D eigenvalue weighted by Crippen LogP contribution is 2.37. The van der Waals surface area contributed by atoms with Gasteiger partial charge in [-0.3, -0.25) is 24.5 Å². The average molecular weight is 414 g/mol. The van der Waals surface area contributed by atoms with Gasteiger partial charge >= 0.3 is 0 Å². The summed E-state index contributed by atoms with van der Waals surface area (Å²) in [6.07, 6.45) is 3.16. The Hall–Kier alpha value is -3.53. The van der Waals surface area contributed by atoms with E-state index in [2.05, 4.69) is 5.32 Å². The summed E-state index contributed by atoms with van der Waals surface area (Å²) in [5.74, 6) is -1.20. The van der Waals surface area contributed by atoms with Crippen LogP contribution in [0.1, 0.15) is 33.3 Å². The number of nitrogens with zero attached hydrogens (tertiary/aromatic N) is 2. The minimum absolute atomic E-state index is 0.0600. The second-order valence-electron chi connectivity index (χ2n) is 6.44. The largest absolute Gasteiger partial charge is 0.365 e. The summed E-state index contributed by atoms with van der Waals surface area (Å²) in [5, 5.41) is 13.8. The maximum absolute atomic E-state index is 12.3. The standard InChI is InChI=1S/C19H18N4O5S/c1-11(24)22-8-7-14-15(10-22)29-19(17(14)18(20)26)21-16(25)6-5-12-3-2-4-13(9-12)23(27)28/h2-6,9H,7-8,10H2,1H3,(H2,20,26)(H,21,25). The van der Waals surface area contributed by atoms with Crippen molar-refractivity contribution >= 4 is 45.8 Å². The van der Waals surface area contributed by atoms with Crippen molar-refractivity contribution in [1.82, 2.24) is 4.90 Å². The summed E-state index contributed by atoms with van der Waals surface area (Å²) in [4.78, 5) is 48.7. The summed E-state index contributed by atoms with van der Waals surface area (Å²) in [6, 6.07) is 5.86. The van der Waals surface area contributed by atoms with Crippen molar-refractivity contribution in [2.75, 3.05) is 11.9 Å². The minimum atomic E-state index is -0.642. The van der Waals surface area contributed by atoms with E-state index in [0.29, 0.717) is 30.1 Å². The molecule has 2 heterocycles. The molecule has 29 heavy (non-hydrogen) atoms. The molecule has 0 saturated carbocycles. The van der Waals surface area contributed by atoms with Crippen molar-refractivity contribution in [3.63, 3.8) is 0 Å². The number of primary amides is 1. The average Bonchev–Trinajstić information content (AvgIpc) is 3.03. The molecule has 1 aliphatic rings. The number of nitrogens with one attached hydrogen (secondary N) is 1. The predicted molar refractivity (Wildman–Crippen MR) is 108 cm³/mol. The SMILES string of the molecule is CC(=O)N1CCc2c(sc(NC(=O)C=Cc3cccc([N+](=O)[O-])c3)c2C(N)=O)C1. The quantitative estimate of drug-likeness (QED) is 0.440. The number of hydrogen-bond acceptors (Lipinski definition) is 6. The van der Waals surface area contributed by atoms with Crippen LogP contribution in [0.4, 0.5) is 10.7 Å². The van der Waals surface area contributed by atoms with Crippen molar-refractivity contribution < 1.29 is 19.3 Å². The number of nitro groups is 1. The Morgan fingerprint density at radius 2 is 2.10 bits per heavy atom.